The maximum absolute atomic E-state index is 12.1. The molecule has 0 bridgehead atoms. The third-order valence-electron chi connectivity index (χ3n) is 4.26. The summed E-state index contributed by atoms with van der Waals surface area (Å²) in [5.74, 6) is 1.89. The molecule has 1 aliphatic rings. The molecule has 26 heavy (non-hydrogen) atoms. The summed E-state index contributed by atoms with van der Waals surface area (Å²) in [5, 5.41) is 12.2. The lowest BCUT2D eigenvalue weighted by molar-refractivity contribution is -0.119. The van der Waals surface area contributed by atoms with Crippen molar-refractivity contribution in [2.24, 2.45) is 0 Å². The van der Waals surface area contributed by atoms with E-state index < -0.39 is 0 Å². The average Bonchev–Trinajstić information content (AvgIpc) is 3.34. The highest BCUT2D eigenvalue weighted by Gasteiger charge is 2.17. The summed E-state index contributed by atoms with van der Waals surface area (Å²) >= 11 is 1.40. The van der Waals surface area contributed by atoms with Gasteiger partial charge in [-0.05, 0) is 44.0 Å². The van der Waals surface area contributed by atoms with Crippen molar-refractivity contribution in [3.63, 3.8) is 0 Å². The van der Waals surface area contributed by atoms with Crippen molar-refractivity contribution in [3.05, 3.63) is 24.3 Å². The van der Waals surface area contributed by atoms with E-state index in [9.17, 15) is 4.79 Å². The molecule has 2 heterocycles. The van der Waals surface area contributed by atoms with Gasteiger partial charge in [0.05, 0.1) is 19.0 Å². The minimum atomic E-state index is -0.0119. The Morgan fingerprint density at radius 1 is 1.38 bits per heavy atom. The molecule has 1 amide bonds. The Balaban J connectivity index is 1.59. The highest BCUT2D eigenvalue weighted by atomic mass is 32.2. The van der Waals surface area contributed by atoms with Crippen LogP contribution in [0, 0.1) is 0 Å². The lowest BCUT2D eigenvalue weighted by Gasteiger charge is -2.11. The molecule has 1 atom stereocenters. The number of hydrogen-bond donors (Lipinski definition) is 1. The SMILES string of the molecule is CCn1c(SCC(=O)NC[C@@H]2CCCO2)nnc1-c1ccc(OC)cc1. The molecule has 1 aromatic heterocycles. The second-order valence-corrected chi connectivity index (χ2v) is 6.95. The van der Waals surface area contributed by atoms with Crippen molar-refractivity contribution in [2.45, 2.75) is 37.6 Å². The normalized spacial score (nSPS) is 16.6. The summed E-state index contributed by atoms with van der Waals surface area (Å²) in [6.45, 7) is 4.15. The van der Waals surface area contributed by atoms with Crippen LogP contribution in [0.4, 0.5) is 0 Å². The van der Waals surface area contributed by atoms with Gasteiger partial charge in [0, 0.05) is 25.3 Å². The van der Waals surface area contributed by atoms with Gasteiger partial charge < -0.3 is 19.4 Å². The Kier molecular flexibility index (Phi) is 6.51. The van der Waals surface area contributed by atoms with Gasteiger partial charge in [-0.2, -0.15) is 0 Å². The molecular formula is C18H24N4O3S. The lowest BCUT2D eigenvalue weighted by atomic mass is 10.2. The quantitative estimate of drug-likeness (QED) is 0.713. The number of nitrogens with zero attached hydrogens (tertiary/aromatic N) is 3. The number of carbonyl (C=O) groups is 1. The summed E-state index contributed by atoms with van der Waals surface area (Å²) < 4.78 is 12.7. The van der Waals surface area contributed by atoms with Gasteiger partial charge in [-0.1, -0.05) is 11.8 Å². The van der Waals surface area contributed by atoms with E-state index in [4.69, 9.17) is 9.47 Å². The molecule has 0 spiro atoms. The molecule has 0 radical (unpaired) electrons. The molecular weight excluding hydrogens is 352 g/mol. The average molecular weight is 376 g/mol. The molecule has 1 fully saturated rings. The van der Waals surface area contributed by atoms with Crippen LogP contribution in [0.25, 0.3) is 11.4 Å². The van der Waals surface area contributed by atoms with Crippen LogP contribution in [-0.2, 0) is 16.1 Å². The molecule has 0 unspecified atom stereocenters. The summed E-state index contributed by atoms with van der Waals surface area (Å²) in [6.07, 6.45) is 2.25. The summed E-state index contributed by atoms with van der Waals surface area (Å²) in [4.78, 5) is 12.1. The first-order valence-corrected chi connectivity index (χ1v) is 9.78. The number of carbonyl (C=O) groups excluding carboxylic acids is 1. The Bertz CT molecular complexity index is 727. The minimum Gasteiger partial charge on any atom is -0.497 e. The first-order valence-electron chi connectivity index (χ1n) is 8.80. The van der Waals surface area contributed by atoms with E-state index >= 15 is 0 Å². The number of ether oxygens (including phenoxy) is 2. The Morgan fingerprint density at radius 2 is 2.19 bits per heavy atom. The van der Waals surface area contributed by atoms with E-state index in [1.54, 1.807) is 7.11 Å². The zero-order valence-corrected chi connectivity index (χ0v) is 15.9. The molecule has 3 rings (SSSR count). The number of nitrogens with one attached hydrogen (secondary N) is 1. The summed E-state index contributed by atoms with van der Waals surface area (Å²) in [6, 6.07) is 7.71. The minimum absolute atomic E-state index is 0.0119. The summed E-state index contributed by atoms with van der Waals surface area (Å²) in [7, 11) is 1.64. The molecule has 140 valence electrons. The fourth-order valence-corrected chi connectivity index (χ4v) is 3.68. The first-order chi connectivity index (χ1) is 12.7. The fraction of sp³-hybridized carbons (Fsp3) is 0.500. The van der Waals surface area contributed by atoms with E-state index in [1.807, 2.05) is 35.8 Å². The third-order valence-corrected chi connectivity index (χ3v) is 5.23. The Hall–Kier alpha value is -2.06. The van der Waals surface area contributed by atoms with E-state index in [-0.39, 0.29) is 12.0 Å². The number of aromatic nitrogens is 3. The van der Waals surface area contributed by atoms with Crippen LogP contribution in [-0.4, -0.2) is 52.8 Å². The number of thioether (sulfide) groups is 1. The number of methoxy groups -OCH3 is 1. The highest BCUT2D eigenvalue weighted by molar-refractivity contribution is 7.99. The summed E-state index contributed by atoms with van der Waals surface area (Å²) in [5.41, 5.74) is 0.967. The molecule has 1 aromatic carbocycles. The topological polar surface area (TPSA) is 78.3 Å². The predicted octanol–water partition coefficient (Wildman–Crippen LogP) is 2.36. The van der Waals surface area contributed by atoms with Crippen LogP contribution in [0.15, 0.2) is 29.4 Å². The molecule has 0 saturated carbocycles. The monoisotopic (exact) mass is 376 g/mol. The fourth-order valence-electron chi connectivity index (χ4n) is 2.85. The van der Waals surface area contributed by atoms with Crippen molar-refractivity contribution in [3.8, 4) is 17.1 Å². The molecule has 1 aliphatic heterocycles. The van der Waals surface area contributed by atoms with Crippen LogP contribution < -0.4 is 10.1 Å². The van der Waals surface area contributed by atoms with Gasteiger partial charge in [0.2, 0.25) is 5.91 Å². The highest BCUT2D eigenvalue weighted by Crippen LogP contribution is 2.25. The van der Waals surface area contributed by atoms with Crippen molar-refractivity contribution in [1.82, 2.24) is 20.1 Å². The number of amides is 1. The lowest BCUT2D eigenvalue weighted by Crippen LogP contribution is -2.32. The van der Waals surface area contributed by atoms with Crippen LogP contribution in [0.2, 0.25) is 0 Å². The molecule has 8 heteroatoms. The van der Waals surface area contributed by atoms with Crippen LogP contribution >= 0.6 is 11.8 Å². The van der Waals surface area contributed by atoms with E-state index in [1.165, 1.54) is 11.8 Å². The smallest absolute Gasteiger partial charge is 0.230 e. The van der Waals surface area contributed by atoms with E-state index in [0.29, 0.717) is 12.3 Å². The third kappa shape index (κ3) is 4.56. The van der Waals surface area contributed by atoms with Gasteiger partial charge in [0.15, 0.2) is 11.0 Å². The Morgan fingerprint density at radius 3 is 2.85 bits per heavy atom. The maximum atomic E-state index is 12.1. The van der Waals surface area contributed by atoms with Gasteiger partial charge in [0.1, 0.15) is 5.75 Å². The van der Waals surface area contributed by atoms with Gasteiger partial charge in [-0.25, -0.2) is 0 Å². The predicted molar refractivity (Wildman–Crippen MR) is 100 cm³/mol. The Labute approximate surface area is 157 Å². The molecule has 0 aliphatic carbocycles. The van der Waals surface area contributed by atoms with Crippen LogP contribution in [0.1, 0.15) is 19.8 Å². The van der Waals surface area contributed by atoms with Gasteiger partial charge in [0.25, 0.3) is 0 Å². The van der Waals surface area contributed by atoms with Crippen LogP contribution in [0.3, 0.4) is 0 Å². The van der Waals surface area contributed by atoms with Crippen LogP contribution in [0.5, 0.6) is 5.75 Å². The second-order valence-electron chi connectivity index (χ2n) is 6.01. The van der Waals surface area contributed by atoms with E-state index in [0.717, 1.165) is 48.3 Å². The second kappa shape index (κ2) is 9.05. The zero-order valence-electron chi connectivity index (χ0n) is 15.1. The first kappa shape index (κ1) is 18.7. The molecule has 7 nitrogen and oxygen atoms in total. The maximum Gasteiger partial charge on any atom is 0.230 e. The molecule has 1 saturated heterocycles. The molecule has 2 aromatic rings. The largest absolute Gasteiger partial charge is 0.497 e. The van der Waals surface area contributed by atoms with Gasteiger partial charge in [-0.15, -0.1) is 10.2 Å². The number of rotatable bonds is 8. The number of hydrogen-bond acceptors (Lipinski definition) is 6. The standard InChI is InChI=1S/C18H24N4O3S/c1-3-22-17(13-6-8-14(24-2)9-7-13)20-21-18(22)26-12-16(23)19-11-15-5-4-10-25-15/h6-9,15H,3-5,10-12H2,1-2H3,(H,19,23)/t15-/m0/s1. The molecule has 1 N–H and O–H groups in total. The van der Waals surface area contributed by atoms with Crippen molar-refractivity contribution >= 4 is 17.7 Å². The van der Waals surface area contributed by atoms with Gasteiger partial charge in [-0.3, -0.25) is 4.79 Å². The number of benzene rings is 1. The van der Waals surface area contributed by atoms with Crippen molar-refractivity contribution < 1.29 is 14.3 Å². The van der Waals surface area contributed by atoms with Gasteiger partial charge >= 0.3 is 0 Å². The van der Waals surface area contributed by atoms with Crippen molar-refractivity contribution in [2.75, 3.05) is 26.0 Å². The zero-order chi connectivity index (χ0) is 18.4. The van der Waals surface area contributed by atoms with Crippen molar-refractivity contribution in [1.29, 1.82) is 0 Å². The van der Waals surface area contributed by atoms with E-state index in [2.05, 4.69) is 15.5 Å².